The second-order valence-electron chi connectivity index (χ2n) is 6.50. The number of ether oxygens (including phenoxy) is 2. The standard InChI is InChI=1S/C21H20N2O2/c22-11-17-7-6-16(18-8-19-13-24-14-20(9-18)23-19)10-21(17)25-12-15-4-2-1-3-5-15/h1-8,10,19-20,23H,9,12-14H2. The Balaban J connectivity index is 1.58. The van der Waals surface area contributed by atoms with Crippen molar-refractivity contribution in [1.82, 2.24) is 5.32 Å². The van der Waals surface area contributed by atoms with Gasteiger partial charge in [0, 0.05) is 12.1 Å². The molecule has 2 bridgehead atoms. The smallest absolute Gasteiger partial charge is 0.138 e. The van der Waals surface area contributed by atoms with Gasteiger partial charge in [-0.05, 0) is 35.3 Å². The lowest BCUT2D eigenvalue weighted by molar-refractivity contribution is 0.0561. The van der Waals surface area contributed by atoms with Crippen LogP contribution in [0.2, 0.25) is 0 Å². The minimum Gasteiger partial charge on any atom is -0.488 e. The van der Waals surface area contributed by atoms with E-state index in [1.165, 1.54) is 5.57 Å². The number of nitrogens with zero attached hydrogens (tertiary/aromatic N) is 1. The van der Waals surface area contributed by atoms with Crippen molar-refractivity contribution in [2.24, 2.45) is 0 Å². The molecule has 25 heavy (non-hydrogen) atoms. The average Bonchev–Trinajstić information content (AvgIpc) is 2.66. The first-order valence-electron chi connectivity index (χ1n) is 8.57. The molecule has 2 unspecified atom stereocenters. The summed E-state index contributed by atoms with van der Waals surface area (Å²) in [5.41, 5.74) is 4.08. The number of fused-ring (bicyclic) bond motifs is 2. The van der Waals surface area contributed by atoms with Crippen molar-refractivity contribution in [1.29, 1.82) is 5.26 Å². The molecule has 4 nitrogen and oxygen atoms in total. The molecule has 0 amide bonds. The largest absolute Gasteiger partial charge is 0.488 e. The fourth-order valence-corrected chi connectivity index (χ4v) is 3.41. The maximum absolute atomic E-state index is 9.38. The Labute approximate surface area is 147 Å². The van der Waals surface area contributed by atoms with Gasteiger partial charge in [-0.25, -0.2) is 0 Å². The van der Waals surface area contributed by atoms with E-state index in [1.807, 2.05) is 48.5 Å². The summed E-state index contributed by atoms with van der Waals surface area (Å²) in [6.07, 6.45) is 3.17. The number of hydrogen-bond donors (Lipinski definition) is 1. The van der Waals surface area contributed by atoms with Gasteiger partial charge in [0.1, 0.15) is 18.4 Å². The van der Waals surface area contributed by atoms with Crippen LogP contribution >= 0.6 is 0 Å². The quantitative estimate of drug-likeness (QED) is 0.933. The van der Waals surface area contributed by atoms with Crippen LogP contribution in [0.3, 0.4) is 0 Å². The van der Waals surface area contributed by atoms with Crippen LogP contribution in [0.1, 0.15) is 23.1 Å². The predicted octanol–water partition coefficient (Wildman–Crippen LogP) is 3.28. The van der Waals surface area contributed by atoms with E-state index in [9.17, 15) is 5.26 Å². The Morgan fingerprint density at radius 3 is 2.84 bits per heavy atom. The molecule has 1 fully saturated rings. The lowest BCUT2D eigenvalue weighted by Gasteiger charge is -2.35. The molecule has 0 radical (unpaired) electrons. The van der Waals surface area contributed by atoms with Gasteiger partial charge in [0.2, 0.25) is 0 Å². The van der Waals surface area contributed by atoms with Crippen molar-refractivity contribution in [3.63, 3.8) is 0 Å². The molecule has 2 aromatic rings. The normalized spacial score (nSPS) is 22.0. The lowest BCUT2D eigenvalue weighted by Crippen LogP contribution is -2.50. The van der Waals surface area contributed by atoms with Gasteiger partial charge in [0.05, 0.1) is 18.8 Å². The van der Waals surface area contributed by atoms with E-state index in [-0.39, 0.29) is 6.04 Å². The number of nitrogens with one attached hydrogen (secondary N) is 1. The first kappa shape index (κ1) is 15.9. The summed E-state index contributed by atoms with van der Waals surface area (Å²) >= 11 is 0. The second kappa shape index (κ2) is 7.10. The zero-order valence-electron chi connectivity index (χ0n) is 13.9. The third kappa shape index (κ3) is 3.58. The summed E-state index contributed by atoms with van der Waals surface area (Å²) < 4.78 is 11.5. The van der Waals surface area contributed by atoms with Crippen molar-refractivity contribution < 1.29 is 9.47 Å². The van der Waals surface area contributed by atoms with Crippen LogP contribution in [-0.2, 0) is 11.3 Å². The van der Waals surface area contributed by atoms with Gasteiger partial charge >= 0.3 is 0 Å². The Hall–Kier alpha value is -2.61. The van der Waals surface area contributed by atoms with Crippen LogP contribution in [0.15, 0.2) is 54.6 Å². The molecule has 2 aliphatic heterocycles. The van der Waals surface area contributed by atoms with Crippen LogP contribution in [0, 0.1) is 11.3 Å². The minimum absolute atomic E-state index is 0.270. The van der Waals surface area contributed by atoms with Gasteiger partial charge in [-0.2, -0.15) is 5.26 Å². The highest BCUT2D eigenvalue weighted by molar-refractivity contribution is 5.70. The first-order chi connectivity index (χ1) is 12.3. The fourth-order valence-electron chi connectivity index (χ4n) is 3.41. The van der Waals surface area contributed by atoms with Crippen molar-refractivity contribution in [2.45, 2.75) is 25.1 Å². The molecular formula is C21H20N2O2. The van der Waals surface area contributed by atoms with E-state index in [0.29, 0.717) is 30.6 Å². The molecule has 1 saturated heterocycles. The molecule has 4 heteroatoms. The van der Waals surface area contributed by atoms with Crippen molar-refractivity contribution in [2.75, 3.05) is 13.2 Å². The Kier molecular flexibility index (Phi) is 4.51. The van der Waals surface area contributed by atoms with E-state index in [1.54, 1.807) is 0 Å². The number of hydrogen-bond acceptors (Lipinski definition) is 4. The van der Waals surface area contributed by atoms with Crippen molar-refractivity contribution in [3.8, 4) is 11.8 Å². The van der Waals surface area contributed by atoms with Gasteiger partial charge < -0.3 is 14.8 Å². The third-order valence-corrected chi connectivity index (χ3v) is 4.64. The lowest BCUT2D eigenvalue weighted by atomic mass is 9.91. The van der Waals surface area contributed by atoms with Crippen molar-refractivity contribution in [3.05, 3.63) is 71.3 Å². The van der Waals surface area contributed by atoms with E-state index in [4.69, 9.17) is 9.47 Å². The van der Waals surface area contributed by atoms with Gasteiger partial charge in [0.15, 0.2) is 0 Å². The highest BCUT2D eigenvalue weighted by atomic mass is 16.5. The van der Waals surface area contributed by atoms with Crippen LogP contribution in [0.4, 0.5) is 0 Å². The summed E-state index contributed by atoms with van der Waals surface area (Å²) in [6, 6.07) is 18.7. The number of benzene rings is 2. The Morgan fingerprint density at radius 2 is 2.04 bits per heavy atom. The maximum atomic E-state index is 9.38. The summed E-state index contributed by atoms with van der Waals surface area (Å²) in [6.45, 7) is 1.92. The first-order valence-corrected chi connectivity index (χ1v) is 8.57. The van der Waals surface area contributed by atoms with Crippen LogP contribution in [-0.4, -0.2) is 25.3 Å². The predicted molar refractivity (Wildman–Crippen MR) is 96.1 cm³/mol. The highest BCUT2D eigenvalue weighted by Crippen LogP contribution is 2.30. The highest BCUT2D eigenvalue weighted by Gasteiger charge is 2.26. The Morgan fingerprint density at radius 1 is 1.16 bits per heavy atom. The van der Waals surface area contributed by atoms with Gasteiger partial charge in [-0.1, -0.05) is 42.5 Å². The topological polar surface area (TPSA) is 54.3 Å². The molecule has 0 aromatic heterocycles. The van der Waals surface area contributed by atoms with Crippen LogP contribution in [0.5, 0.6) is 5.75 Å². The zero-order chi connectivity index (χ0) is 17.1. The van der Waals surface area contributed by atoms with Crippen molar-refractivity contribution >= 4 is 5.57 Å². The molecule has 0 saturated carbocycles. The molecule has 2 aliphatic rings. The zero-order valence-corrected chi connectivity index (χ0v) is 13.9. The van der Waals surface area contributed by atoms with Gasteiger partial charge in [0.25, 0.3) is 0 Å². The maximum Gasteiger partial charge on any atom is 0.138 e. The average molecular weight is 332 g/mol. The van der Waals surface area contributed by atoms with Crippen LogP contribution in [0.25, 0.3) is 5.57 Å². The van der Waals surface area contributed by atoms with E-state index in [2.05, 4.69) is 17.5 Å². The SMILES string of the molecule is N#Cc1ccc(C2=CC3COCC(C2)N3)cc1OCc1ccccc1. The van der Waals surface area contributed by atoms with Crippen LogP contribution < -0.4 is 10.1 Å². The second-order valence-corrected chi connectivity index (χ2v) is 6.50. The molecule has 4 rings (SSSR count). The third-order valence-electron chi connectivity index (χ3n) is 4.64. The molecule has 2 aromatic carbocycles. The molecule has 1 N–H and O–H groups in total. The number of rotatable bonds is 4. The van der Waals surface area contributed by atoms with Gasteiger partial charge in [-0.15, -0.1) is 0 Å². The molecular weight excluding hydrogens is 312 g/mol. The Bertz CT molecular complexity index is 824. The minimum atomic E-state index is 0.270. The monoisotopic (exact) mass is 332 g/mol. The summed E-state index contributed by atoms with van der Waals surface area (Å²) in [5.74, 6) is 0.643. The summed E-state index contributed by atoms with van der Waals surface area (Å²) in [5, 5.41) is 12.9. The molecule has 126 valence electrons. The van der Waals surface area contributed by atoms with Gasteiger partial charge in [-0.3, -0.25) is 0 Å². The molecule has 2 atom stereocenters. The number of nitriles is 1. The molecule has 0 spiro atoms. The van der Waals surface area contributed by atoms with E-state index < -0.39 is 0 Å². The summed E-state index contributed by atoms with van der Waals surface area (Å²) in [7, 11) is 0. The molecule has 0 aliphatic carbocycles. The summed E-state index contributed by atoms with van der Waals surface area (Å²) in [4.78, 5) is 0. The number of morpholine rings is 1. The fraction of sp³-hybridized carbons (Fsp3) is 0.286. The molecule has 2 heterocycles. The van der Waals surface area contributed by atoms with E-state index >= 15 is 0 Å². The van der Waals surface area contributed by atoms with E-state index in [0.717, 1.165) is 24.2 Å².